The smallest absolute Gasteiger partial charge is 0.231 e. The van der Waals surface area contributed by atoms with Crippen molar-refractivity contribution in [3.8, 4) is 28.5 Å². The minimum Gasteiger partial charge on any atom is -0.497 e. The number of rotatable bonds is 6. The van der Waals surface area contributed by atoms with Crippen LogP contribution >= 0.6 is 0 Å². The Hall–Kier alpha value is -3.48. The van der Waals surface area contributed by atoms with Gasteiger partial charge in [-0.25, -0.2) is 4.98 Å². The number of anilines is 2. The third-order valence-corrected chi connectivity index (χ3v) is 4.27. The van der Waals surface area contributed by atoms with Crippen molar-refractivity contribution in [2.75, 3.05) is 31.5 Å². The molecule has 0 saturated carbocycles. The summed E-state index contributed by atoms with van der Waals surface area (Å²) in [6, 6.07) is 15.5. The minimum absolute atomic E-state index is 0.223. The van der Waals surface area contributed by atoms with Crippen molar-refractivity contribution >= 4 is 11.8 Å². The van der Waals surface area contributed by atoms with Crippen LogP contribution in [0, 0.1) is 0 Å². The number of hydrogen-bond donors (Lipinski definition) is 2. The second-order valence-corrected chi connectivity index (χ2v) is 6.09. The number of fused-ring (bicyclic) bond motifs is 1. The molecular weight excluding hydrogens is 344 g/mol. The Kier molecular flexibility index (Phi) is 4.65. The Balaban J connectivity index is 1.45. The van der Waals surface area contributed by atoms with Crippen LogP contribution < -0.4 is 25.3 Å². The molecule has 27 heavy (non-hydrogen) atoms. The summed E-state index contributed by atoms with van der Waals surface area (Å²) in [5.41, 5.74) is 8.70. The van der Waals surface area contributed by atoms with Gasteiger partial charge in [-0.15, -0.1) is 0 Å². The SMILES string of the molecule is COc1cccc(-c2cc(NCCc3ccc4c(c3)OCO4)nc(N)n2)c1. The molecule has 0 amide bonds. The maximum atomic E-state index is 5.89. The molecular formula is C20H20N4O3. The molecule has 1 aliphatic rings. The van der Waals surface area contributed by atoms with Crippen molar-refractivity contribution in [3.63, 3.8) is 0 Å². The fourth-order valence-electron chi connectivity index (χ4n) is 2.92. The van der Waals surface area contributed by atoms with E-state index in [0.29, 0.717) is 12.4 Å². The van der Waals surface area contributed by atoms with E-state index in [2.05, 4.69) is 15.3 Å². The van der Waals surface area contributed by atoms with Crippen LogP contribution in [-0.4, -0.2) is 30.4 Å². The average molecular weight is 364 g/mol. The van der Waals surface area contributed by atoms with Crippen LogP contribution in [0.2, 0.25) is 0 Å². The molecule has 2 heterocycles. The van der Waals surface area contributed by atoms with Crippen molar-refractivity contribution in [1.29, 1.82) is 0 Å². The first kappa shape index (κ1) is 17.0. The molecule has 7 nitrogen and oxygen atoms in total. The second kappa shape index (κ2) is 7.41. The topological polar surface area (TPSA) is 91.5 Å². The Labute approximate surface area is 157 Å². The molecule has 3 aromatic rings. The number of nitrogen functional groups attached to an aromatic ring is 1. The number of methoxy groups -OCH3 is 1. The predicted molar refractivity (Wildman–Crippen MR) is 103 cm³/mol. The first-order chi connectivity index (χ1) is 13.2. The molecule has 2 aromatic carbocycles. The van der Waals surface area contributed by atoms with Crippen LogP contribution in [0.3, 0.4) is 0 Å². The Morgan fingerprint density at radius 2 is 1.96 bits per heavy atom. The van der Waals surface area contributed by atoms with Gasteiger partial charge in [0.1, 0.15) is 11.6 Å². The summed E-state index contributed by atoms with van der Waals surface area (Å²) in [4.78, 5) is 8.60. The molecule has 0 unspecified atom stereocenters. The molecule has 0 fully saturated rings. The van der Waals surface area contributed by atoms with E-state index in [1.807, 2.05) is 48.5 Å². The average Bonchev–Trinajstić information content (AvgIpc) is 3.15. The molecule has 1 aromatic heterocycles. The summed E-state index contributed by atoms with van der Waals surface area (Å²) < 4.78 is 16.0. The highest BCUT2D eigenvalue weighted by atomic mass is 16.7. The summed E-state index contributed by atoms with van der Waals surface area (Å²) in [5, 5.41) is 3.31. The van der Waals surface area contributed by atoms with Gasteiger partial charge in [0.15, 0.2) is 11.5 Å². The summed E-state index contributed by atoms with van der Waals surface area (Å²) in [6.07, 6.45) is 0.815. The Bertz CT molecular complexity index is 962. The lowest BCUT2D eigenvalue weighted by Gasteiger charge is -2.10. The van der Waals surface area contributed by atoms with E-state index in [1.54, 1.807) is 7.11 Å². The van der Waals surface area contributed by atoms with Crippen LogP contribution in [0.25, 0.3) is 11.3 Å². The van der Waals surface area contributed by atoms with Crippen LogP contribution in [0.15, 0.2) is 48.5 Å². The molecule has 0 radical (unpaired) electrons. The fraction of sp³-hybridized carbons (Fsp3) is 0.200. The van der Waals surface area contributed by atoms with Gasteiger partial charge in [0.2, 0.25) is 12.7 Å². The number of nitrogens with zero attached hydrogens (tertiary/aromatic N) is 2. The van der Waals surface area contributed by atoms with Crippen molar-refractivity contribution in [1.82, 2.24) is 9.97 Å². The fourth-order valence-corrected chi connectivity index (χ4v) is 2.92. The Morgan fingerprint density at radius 3 is 2.85 bits per heavy atom. The van der Waals surface area contributed by atoms with Crippen LogP contribution in [0.5, 0.6) is 17.2 Å². The standard InChI is InChI=1S/C20H20N4O3/c1-25-15-4-2-3-14(10-15)16-11-19(24-20(21)23-16)22-8-7-13-5-6-17-18(9-13)27-12-26-17/h2-6,9-11H,7-8,12H2,1H3,(H3,21,22,23,24). The van der Waals surface area contributed by atoms with Crippen LogP contribution in [0.1, 0.15) is 5.56 Å². The quantitative estimate of drug-likeness (QED) is 0.694. The lowest BCUT2D eigenvalue weighted by Crippen LogP contribution is -2.08. The molecule has 4 rings (SSSR count). The van der Waals surface area contributed by atoms with Crippen LogP contribution in [-0.2, 0) is 6.42 Å². The van der Waals surface area contributed by atoms with E-state index in [0.717, 1.165) is 40.5 Å². The lowest BCUT2D eigenvalue weighted by molar-refractivity contribution is 0.174. The summed E-state index contributed by atoms with van der Waals surface area (Å²) in [5.74, 6) is 3.25. The van der Waals surface area contributed by atoms with Crippen LogP contribution in [0.4, 0.5) is 11.8 Å². The molecule has 3 N–H and O–H groups in total. The van der Waals surface area contributed by atoms with Crippen molar-refractivity contribution in [2.45, 2.75) is 6.42 Å². The second-order valence-electron chi connectivity index (χ2n) is 6.09. The van der Waals surface area contributed by atoms with E-state index < -0.39 is 0 Å². The highest BCUT2D eigenvalue weighted by Gasteiger charge is 2.13. The van der Waals surface area contributed by atoms with Crippen molar-refractivity contribution in [3.05, 3.63) is 54.1 Å². The zero-order chi connectivity index (χ0) is 18.6. The van der Waals surface area contributed by atoms with Gasteiger partial charge < -0.3 is 25.3 Å². The van der Waals surface area contributed by atoms with Crippen molar-refractivity contribution in [2.24, 2.45) is 0 Å². The van der Waals surface area contributed by atoms with Gasteiger partial charge in [0.25, 0.3) is 0 Å². The zero-order valence-electron chi connectivity index (χ0n) is 14.9. The summed E-state index contributed by atoms with van der Waals surface area (Å²) >= 11 is 0. The normalized spacial score (nSPS) is 12.0. The third kappa shape index (κ3) is 3.87. The van der Waals surface area contributed by atoms with E-state index in [9.17, 15) is 0 Å². The lowest BCUT2D eigenvalue weighted by atomic mass is 10.1. The number of benzene rings is 2. The maximum Gasteiger partial charge on any atom is 0.231 e. The summed E-state index contributed by atoms with van der Waals surface area (Å²) in [7, 11) is 1.64. The first-order valence-electron chi connectivity index (χ1n) is 8.62. The van der Waals surface area contributed by atoms with E-state index in [1.165, 1.54) is 0 Å². The molecule has 0 bridgehead atoms. The minimum atomic E-state index is 0.223. The van der Waals surface area contributed by atoms with Gasteiger partial charge in [-0.05, 0) is 36.2 Å². The Morgan fingerprint density at radius 1 is 1.07 bits per heavy atom. The van der Waals surface area contributed by atoms with Gasteiger partial charge in [0, 0.05) is 18.2 Å². The van der Waals surface area contributed by atoms with Gasteiger partial charge in [-0.3, -0.25) is 0 Å². The summed E-state index contributed by atoms with van der Waals surface area (Å²) in [6.45, 7) is 0.984. The molecule has 1 aliphatic heterocycles. The van der Waals surface area contributed by atoms with Gasteiger partial charge in [0.05, 0.1) is 12.8 Å². The molecule has 7 heteroatoms. The first-order valence-corrected chi connectivity index (χ1v) is 8.62. The number of ether oxygens (including phenoxy) is 3. The molecule has 0 atom stereocenters. The van der Waals surface area contributed by atoms with E-state index in [4.69, 9.17) is 19.9 Å². The monoisotopic (exact) mass is 364 g/mol. The van der Waals surface area contributed by atoms with Gasteiger partial charge in [-0.1, -0.05) is 18.2 Å². The predicted octanol–water partition coefficient (Wildman–Crippen LogP) is 3.12. The third-order valence-electron chi connectivity index (χ3n) is 4.27. The maximum absolute atomic E-state index is 5.89. The van der Waals surface area contributed by atoms with Crippen molar-refractivity contribution < 1.29 is 14.2 Å². The van der Waals surface area contributed by atoms with Gasteiger partial charge in [-0.2, -0.15) is 4.98 Å². The number of hydrogen-bond acceptors (Lipinski definition) is 7. The van der Waals surface area contributed by atoms with E-state index in [-0.39, 0.29) is 12.7 Å². The molecule has 0 saturated heterocycles. The van der Waals surface area contributed by atoms with Gasteiger partial charge >= 0.3 is 0 Å². The number of aromatic nitrogens is 2. The molecule has 0 aliphatic carbocycles. The number of nitrogens with two attached hydrogens (primary N) is 1. The molecule has 0 spiro atoms. The molecule has 138 valence electrons. The number of nitrogens with one attached hydrogen (secondary N) is 1. The highest BCUT2D eigenvalue weighted by molar-refractivity contribution is 5.65. The highest BCUT2D eigenvalue weighted by Crippen LogP contribution is 2.32. The largest absolute Gasteiger partial charge is 0.497 e. The zero-order valence-corrected chi connectivity index (χ0v) is 14.9. The van der Waals surface area contributed by atoms with E-state index >= 15 is 0 Å².